The van der Waals surface area contributed by atoms with E-state index in [1.807, 2.05) is 20.8 Å². The standard InChI is InChI=1S/C19H22Br2N2O/c1-6-13-8-15(20)9-14(7-2)18(13)23-19(24)16-12(5)22-11(4)10(3)17(16)21/h8-9H,6-7H2,1-5H3,(H,23,24). The van der Waals surface area contributed by atoms with Crippen molar-refractivity contribution in [1.29, 1.82) is 0 Å². The lowest BCUT2D eigenvalue weighted by Gasteiger charge is -2.17. The number of hydrogen-bond donors (Lipinski definition) is 1. The predicted octanol–water partition coefficient (Wildman–Crippen LogP) is 5.91. The molecule has 0 fully saturated rings. The van der Waals surface area contributed by atoms with Crippen molar-refractivity contribution in [3.05, 3.63) is 54.7 Å². The van der Waals surface area contributed by atoms with Gasteiger partial charge in [-0.15, -0.1) is 0 Å². The van der Waals surface area contributed by atoms with Gasteiger partial charge in [-0.2, -0.15) is 0 Å². The number of aromatic nitrogens is 1. The summed E-state index contributed by atoms with van der Waals surface area (Å²) in [5.74, 6) is -0.123. The molecular weight excluding hydrogens is 432 g/mol. The van der Waals surface area contributed by atoms with E-state index >= 15 is 0 Å². The number of aryl methyl sites for hydroxylation is 4. The summed E-state index contributed by atoms with van der Waals surface area (Å²) in [7, 11) is 0. The first-order valence-electron chi connectivity index (χ1n) is 8.06. The van der Waals surface area contributed by atoms with Crippen LogP contribution >= 0.6 is 31.9 Å². The number of anilines is 1. The van der Waals surface area contributed by atoms with E-state index in [2.05, 4.69) is 68.1 Å². The van der Waals surface area contributed by atoms with Gasteiger partial charge in [-0.25, -0.2) is 0 Å². The quantitative estimate of drug-likeness (QED) is 0.625. The molecule has 1 amide bonds. The monoisotopic (exact) mass is 452 g/mol. The minimum atomic E-state index is -0.123. The molecule has 0 radical (unpaired) electrons. The molecule has 0 atom stereocenters. The average Bonchev–Trinajstić information content (AvgIpc) is 2.53. The Kier molecular flexibility index (Phi) is 6.21. The second-order valence-electron chi connectivity index (χ2n) is 5.86. The number of carbonyl (C=O) groups excluding carboxylic acids is 1. The Morgan fingerprint density at radius 1 is 1.04 bits per heavy atom. The molecule has 2 aromatic rings. The Morgan fingerprint density at radius 2 is 1.58 bits per heavy atom. The molecule has 0 aliphatic heterocycles. The molecule has 24 heavy (non-hydrogen) atoms. The van der Waals surface area contributed by atoms with E-state index in [0.29, 0.717) is 5.56 Å². The fraction of sp³-hybridized carbons (Fsp3) is 0.368. The van der Waals surface area contributed by atoms with Gasteiger partial charge in [-0.1, -0.05) is 29.8 Å². The van der Waals surface area contributed by atoms with E-state index in [9.17, 15) is 4.79 Å². The van der Waals surface area contributed by atoms with Gasteiger partial charge in [0.2, 0.25) is 0 Å². The van der Waals surface area contributed by atoms with Crippen LogP contribution in [0.2, 0.25) is 0 Å². The number of rotatable bonds is 4. The number of nitrogens with zero attached hydrogens (tertiary/aromatic N) is 1. The number of amides is 1. The molecule has 1 aromatic carbocycles. The van der Waals surface area contributed by atoms with Crippen LogP contribution in [0.1, 0.15) is 52.3 Å². The van der Waals surface area contributed by atoms with Gasteiger partial charge in [0.25, 0.3) is 5.91 Å². The van der Waals surface area contributed by atoms with Gasteiger partial charge in [0, 0.05) is 20.3 Å². The molecule has 1 heterocycles. The zero-order valence-electron chi connectivity index (χ0n) is 14.7. The lowest BCUT2D eigenvalue weighted by Crippen LogP contribution is -2.18. The smallest absolute Gasteiger partial charge is 0.258 e. The molecule has 1 N–H and O–H groups in total. The van der Waals surface area contributed by atoms with Crippen LogP contribution in [0.15, 0.2) is 21.1 Å². The van der Waals surface area contributed by atoms with E-state index in [1.165, 1.54) is 0 Å². The second kappa shape index (κ2) is 7.79. The van der Waals surface area contributed by atoms with Gasteiger partial charge in [-0.05, 0) is 78.4 Å². The van der Waals surface area contributed by atoms with Crippen molar-refractivity contribution in [2.75, 3.05) is 5.32 Å². The van der Waals surface area contributed by atoms with E-state index in [4.69, 9.17) is 0 Å². The maximum Gasteiger partial charge on any atom is 0.258 e. The Balaban J connectivity index is 2.50. The summed E-state index contributed by atoms with van der Waals surface area (Å²) in [5.41, 5.74) is 6.43. The number of nitrogens with one attached hydrogen (secondary N) is 1. The lowest BCUT2D eigenvalue weighted by atomic mass is 10.0. The van der Waals surface area contributed by atoms with Crippen LogP contribution in [0.4, 0.5) is 5.69 Å². The van der Waals surface area contributed by atoms with Gasteiger partial charge in [-0.3, -0.25) is 9.78 Å². The predicted molar refractivity (Wildman–Crippen MR) is 107 cm³/mol. The van der Waals surface area contributed by atoms with E-state index in [-0.39, 0.29) is 5.91 Å². The molecule has 0 aliphatic carbocycles. The fourth-order valence-corrected chi connectivity index (χ4v) is 4.09. The number of benzene rings is 1. The van der Waals surface area contributed by atoms with Crippen LogP contribution in [0, 0.1) is 20.8 Å². The second-order valence-corrected chi connectivity index (χ2v) is 7.57. The van der Waals surface area contributed by atoms with Crippen LogP contribution in [0.5, 0.6) is 0 Å². The summed E-state index contributed by atoms with van der Waals surface area (Å²) in [5, 5.41) is 3.12. The molecule has 0 saturated carbocycles. The Bertz CT molecular complexity index is 775. The topological polar surface area (TPSA) is 42.0 Å². The van der Waals surface area contributed by atoms with Crippen LogP contribution in [-0.2, 0) is 12.8 Å². The minimum Gasteiger partial charge on any atom is -0.321 e. The van der Waals surface area contributed by atoms with Gasteiger partial charge in [0.15, 0.2) is 0 Å². The average molecular weight is 454 g/mol. The fourth-order valence-electron chi connectivity index (χ4n) is 2.78. The highest BCUT2D eigenvalue weighted by atomic mass is 79.9. The lowest BCUT2D eigenvalue weighted by molar-refractivity contribution is 0.102. The number of carbonyl (C=O) groups is 1. The molecule has 2 rings (SSSR count). The molecule has 0 aliphatic rings. The zero-order valence-corrected chi connectivity index (χ0v) is 17.9. The van der Waals surface area contributed by atoms with Gasteiger partial charge >= 0.3 is 0 Å². The van der Waals surface area contributed by atoms with Crippen molar-refractivity contribution in [2.24, 2.45) is 0 Å². The van der Waals surface area contributed by atoms with Crippen molar-refractivity contribution in [3.8, 4) is 0 Å². The summed E-state index contributed by atoms with van der Waals surface area (Å²) in [4.78, 5) is 17.4. The number of pyridine rings is 1. The van der Waals surface area contributed by atoms with Crippen molar-refractivity contribution >= 4 is 43.5 Å². The maximum atomic E-state index is 12.9. The van der Waals surface area contributed by atoms with Gasteiger partial charge in [0.1, 0.15) is 0 Å². The number of hydrogen-bond acceptors (Lipinski definition) is 2. The first kappa shape index (κ1) is 19.1. The summed E-state index contributed by atoms with van der Waals surface area (Å²) >= 11 is 7.12. The molecule has 0 bridgehead atoms. The third kappa shape index (κ3) is 3.72. The number of halogens is 2. The molecule has 1 aromatic heterocycles. The molecule has 0 unspecified atom stereocenters. The SMILES string of the molecule is CCc1cc(Br)cc(CC)c1NC(=O)c1c(C)nc(C)c(C)c1Br. The highest BCUT2D eigenvalue weighted by molar-refractivity contribution is 9.10. The summed E-state index contributed by atoms with van der Waals surface area (Å²) in [6.07, 6.45) is 1.71. The van der Waals surface area contributed by atoms with Crippen molar-refractivity contribution < 1.29 is 4.79 Å². The first-order chi connectivity index (χ1) is 11.3. The highest BCUT2D eigenvalue weighted by Crippen LogP contribution is 2.30. The molecule has 3 nitrogen and oxygen atoms in total. The summed E-state index contributed by atoms with van der Waals surface area (Å²) in [6.45, 7) is 9.98. The third-order valence-corrected chi connectivity index (χ3v) is 5.73. The molecule has 0 saturated heterocycles. The highest BCUT2D eigenvalue weighted by Gasteiger charge is 2.20. The maximum absolute atomic E-state index is 12.9. The molecule has 5 heteroatoms. The van der Waals surface area contributed by atoms with Gasteiger partial charge in [0.05, 0.1) is 11.3 Å². The van der Waals surface area contributed by atoms with Crippen molar-refractivity contribution in [1.82, 2.24) is 4.98 Å². The summed E-state index contributed by atoms with van der Waals surface area (Å²) in [6, 6.07) is 4.13. The van der Waals surface area contributed by atoms with Crippen LogP contribution < -0.4 is 5.32 Å². The van der Waals surface area contributed by atoms with E-state index < -0.39 is 0 Å². The molecule has 128 valence electrons. The third-order valence-electron chi connectivity index (χ3n) is 4.28. The van der Waals surface area contributed by atoms with Crippen molar-refractivity contribution in [2.45, 2.75) is 47.5 Å². The summed E-state index contributed by atoms with van der Waals surface area (Å²) < 4.78 is 1.86. The van der Waals surface area contributed by atoms with Crippen molar-refractivity contribution in [3.63, 3.8) is 0 Å². The molecule has 0 spiro atoms. The molecular formula is C19H22Br2N2O. The van der Waals surface area contributed by atoms with Crippen LogP contribution in [0.3, 0.4) is 0 Å². The zero-order chi connectivity index (χ0) is 18.0. The normalized spacial score (nSPS) is 10.8. The van der Waals surface area contributed by atoms with Crippen LogP contribution in [-0.4, -0.2) is 10.9 Å². The Labute approximate surface area is 160 Å². The van der Waals surface area contributed by atoms with E-state index in [0.717, 1.165) is 55.6 Å². The first-order valence-corrected chi connectivity index (χ1v) is 9.64. The van der Waals surface area contributed by atoms with E-state index in [1.54, 1.807) is 0 Å². The largest absolute Gasteiger partial charge is 0.321 e. The Hall–Kier alpha value is -1.20. The minimum absolute atomic E-state index is 0.123. The Morgan fingerprint density at radius 3 is 2.08 bits per heavy atom. The van der Waals surface area contributed by atoms with Gasteiger partial charge < -0.3 is 5.32 Å². The van der Waals surface area contributed by atoms with Crippen LogP contribution in [0.25, 0.3) is 0 Å².